The molecule has 0 aromatic heterocycles. The number of aliphatic imine (C=N–C) groups is 2. The normalized spacial score (nSPS) is 26.8. The van der Waals surface area contributed by atoms with E-state index in [1.54, 1.807) is 11.8 Å². The molecule has 1 saturated heterocycles. The van der Waals surface area contributed by atoms with Gasteiger partial charge < -0.3 is 4.90 Å². The fourth-order valence-corrected chi connectivity index (χ4v) is 5.86. The van der Waals surface area contributed by atoms with E-state index in [9.17, 15) is 9.59 Å². The van der Waals surface area contributed by atoms with Crippen LogP contribution in [0.1, 0.15) is 44.9 Å². The van der Waals surface area contributed by atoms with Crippen molar-refractivity contribution in [3.8, 4) is 0 Å². The Hall–Kier alpha value is -1.08. The first-order valence-corrected chi connectivity index (χ1v) is 10.5. The van der Waals surface area contributed by atoms with Gasteiger partial charge in [-0.2, -0.15) is 4.99 Å². The zero-order valence-electron chi connectivity index (χ0n) is 13.6. The minimum atomic E-state index is -0.215. The number of amidine groups is 1. The molecule has 0 spiro atoms. The van der Waals surface area contributed by atoms with Crippen LogP contribution in [0.15, 0.2) is 20.5 Å². The van der Waals surface area contributed by atoms with Crippen LogP contribution in [-0.4, -0.2) is 45.8 Å². The number of allylic oxidation sites excluding steroid dienone is 1. The lowest BCUT2D eigenvalue weighted by Crippen LogP contribution is -2.37. The van der Waals surface area contributed by atoms with Gasteiger partial charge in [-0.15, -0.1) is 0 Å². The maximum atomic E-state index is 12.5. The molecule has 0 bridgehead atoms. The molecular formula is C17H21N3O2S2. The molecule has 7 heteroatoms. The first kappa shape index (κ1) is 16.4. The average molecular weight is 364 g/mol. The summed E-state index contributed by atoms with van der Waals surface area (Å²) in [5.41, 5.74) is 1.26. The number of hydrogen-bond acceptors (Lipinski definition) is 5. The van der Waals surface area contributed by atoms with Gasteiger partial charge in [-0.3, -0.25) is 9.59 Å². The number of thioether (sulfide) groups is 2. The Kier molecular flexibility index (Phi) is 4.81. The molecule has 0 radical (unpaired) electrons. The van der Waals surface area contributed by atoms with Crippen molar-refractivity contribution in [2.24, 2.45) is 15.9 Å². The van der Waals surface area contributed by atoms with E-state index >= 15 is 0 Å². The van der Waals surface area contributed by atoms with Crippen LogP contribution in [0.3, 0.4) is 0 Å². The number of fused-ring (bicyclic) bond motifs is 2. The van der Waals surface area contributed by atoms with E-state index in [0.717, 1.165) is 50.2 Å². The highest BCUT2D eigenvalue weighted by atomic mass is 32.2. The molecule has 1 unspecified atom stereocenters. The number of amides is 2. The van der Waals surface area contributed by atoms with Crippen LogP contribution in [0, 0.1) is 5.92 Å². The molecule has 1 fully saturated rings. The molecule has 3 heterocycles. The Morgan fingerprint density at radius 1 is 1.12 bits per heavy atom. The monoisotopic (exact) mass is 363 g/mol. The quantitative estimate of drug-likeness (QED) is 0.756. The predicted octanol–water partition coefficient (Wildman–Crippen LogP) is 3.22. The van der Waals surface area contributed by atoms with Crippen LogP contribution in [0.5, 0.6) is 0 Å². The summed E-state index contributed by atoms with van der Waals surface area (Å²) in [5, 5.41) is 1.35. The van der Waals surface area contributed by atoms with Crippen LogP contribution in [-0.2, 0) is 9.59 Å². The SMILES string of the molecule is O=C1N=C(SCC(=O)N2CCCCC2)N=C2SC3=C(CCCC3)C12. The summed E-state index contributed by atoms with van der Waals surface area (Å²) in [6.45, 7) is 1.71. The zero-order valence-corrected chi connectivity index (χ0v) is 15.3. The van der Waals surface area contributed by atoms with Gasteiger partial charge in [0.1, 0.15) is 5.92 Å². The minimum absolute atomic E-state index is 0.0904. The van der Waals surface area contributed by atoms with Gasteiger partial charge >= 0.3 is 0 Å². The van der Waals surface area contributed by atoms with Gasteiger partial charge in [0.05, 0.1) is 10.8 Å². The Labute approximate surface area is 150 Å². The van der Waals surface area contributed by atoms with Crippen molar-refractivity contribution in [1.82, 2.24) is 4.90 Å². The fraction of sp³-hybridized carbons (Fsp3) is 0.647. The highest BCUT2D eigenvalue weighted by Gasteiger charge is 2.40. The number of likely N-dealkylation sites (tertiary alicyclic amines) is 1. The average Bonchev–Trinajstić information content (AvgIpc) is 2.99. The molecule has 4 aliphatic rings. The number of piperidine rings is 1. The summed E-state index contributed by atoms with van der Waals surface area (Å²) in [6, 6.07) is 0. The summed E-state index contributed by atoms with van der Waals surface area (Å²) < 4.78 is 0. The molecule has 1 atom stereocenters. The molecule has 3 aliphatic heterocycles. The lowest BCUT2D eigenvalue weighted by Gasteiger charge is -2.26. The Bertz CT molecular complexity index is 663. The Balaban J connectivity index is 1.39. The summed E-state index contributed by atoms with van der Waals surface area (Å²) in [6.07, 6.45) is 7.82. The van der Waals surface area contributed by atoms with E-state index in [2.05, 4.69) is 9.98 Å². The number of nitrogens with zero attached hydrogens (tertiary/aromatic N) is 3. The van der Waals surface area contributed by atoms with E-state index in [4.69, 9.17) is 0 Å². The molecular weight excluding hydrogens is 342 g/mol. The maximum absolute atomic E-state index is 12.5. The molecule has 24 heavy (non-hydrogen) atoms. The van der Waals surface area contributed by atoms with E-state index in [-0.39, 0.29) is 17.7 Å². The fourth-order valence-electron chi connectivity index (χ4n) is 3.70. The minimum Gasteiger partial charge on any atom is -0.342 e. The van der Waals surface area contributed by atoms with Crippen molar-refractivity contribution in [2.75, 3.05) is 18.8 Å². The van der Waals surface area contributed by atoms with Crippen LogP contribution in [0.2, 0.25) is 0 Å². The number of carbonyl (C=O) groups is 2. The van der Waals surface area contributed by atoms with Crippen molar-refractivity contribution in [2.45, 2.75) is 44.9 Å². The molecule has 0 aromatic carbocycles. The molecule has 1 aliphatic carbocycles. The van der Waals surface area contributed by atoms with Crippen molar-refractivity contribution < 1.29 is 9.59 Å². The van der Waals surface area contributed by atoms with Gasteiger partial charge in [0.15, 0.2) is 5.17 Å². The largest absolute Gasteiger partial charge is 0.342 e. The third-order valence-corrected chi connectivity index (χ3v) is 7.05. The first-order valence-electron chi connectivity index (χ1n) is 8.74. The molecule has 0 aromatic rings. The second-order valence-corrected chi connectivity index (χ2v) is 8.66. The third-order valence-electron chi connectivity index (χ3n) is 4.97. The number of hydrogen-bond donors (Lipinski definition) is 0. The van der Waals surface area contributed by atoms with Crippen LogP contribution < -0.4 is 0 Å². The van der Waals surface area contributed by atoms with Crippen LogP contribution in [0.25, 0.3) is 0 Å². The lowest BCUT2D eigenvalue weighted by atomic mass is 9.89. The van der Waals surface area contributed by atoms with Gasteiger partial charge in [0, 0.05) is 13.1 Å². The molecule has 0 N–H and O–H groups in total. The summed E-state index contributed by atoms with van der Waals surface area (Å²) in [5.74, 6) is 0.152. The van der Waals surface area contributed by atoms with E-state index in [0.29, 0.717) is 10.9 Å². The van der Waals surface area contributed by atoms with Gasteiger partial charge in [-0.05, 0) is 55.4 Å². The summed E-state index contributed by atoms with van der Waals surface area (Å²) >= 11 is 2.97. The van der Waals surface area contributed by atoms with Crippen LogP contribution in [0.4, 0.5) is 0 Å². The van der Waals surface area contributed by atoms with Crippen molar-refractivity contribution in [1.29, 1.82) is 0 Å². The number of rotatable bonds is 2. The molecule has 0 saturated carbocycles. The van der Waals surface area contributed by atoms with E-state index in [1.807, 2.05) is 4.90 Å². The van der Waals surface area contributed by atoms with E-state index < -0.39 is 0 Å². The standard InChI is InChI=1S/C17H21N3O2S2/c21-13(20-8-4-1-5-9-20)10-23-17-18-15(22)14-11-6-2-3-7-12(11)24-16(14)19-17/h14H,1-10H2. The van der Waals surface area contributed by atoms with Gasteiger partial charge in [-0.25, -0.2) is 4.99 Å². The second-order valence-electron chi connectivity index (χ2n) is 6.60. The summed E-state index contributed by atoms with van der Waals surface area (Å²) in [4.78, 5) is 36.7. The summed E-state index contributed by atoms with van der Waals surface area (Å²) in [7, 11) is 0. The number of carbonyl (C=O) groups excluding carboxylic acids is 2. The van der Waals surface area contributed by atoms with Crippen molar-refractivity contribution >= 4 is 45.5 Å². The van der Waals surface area contributed by atoms with Crippen molar-refractivity contribution in [3.63, 3.8) is 0 Å². The molecule has 4 rings (SSSR count). The zero-order chi connectivity index (χ0) is 16.5. The topological polar surface area (TPSA) is 62.1 Å². The highest BCUT2D eigenvalue weighted by molar-refractivity contribution is 8.18. The second kappa shape index (κ2) is 7.04. The molecule has 128 valence electrons. The maximum Gasteiger partial charge on any atom is 0.262 e. The molecule has 2 amide bonds. The highest BCUT2D eigenvalue weighted by Crippen LogP contribution is 2.47. The Morgan fingerprint density at radius 2 is 1.92 bits per heavy atom. The van der Waals surface area contributed by atoms with Crippen LogP contribution >= 0.6 is 23.5 Å². The Morgan fingerprint density at radius 3 is 2.75 bits per heavy atom. The smallest absolute Gasteiger partial charge is 0.262 e. The van der Waals surface area contributed by atoms with Gasteiger partial charge in [-0.1, -0.05) is 23.5 Å². The third kappa shape index (κ3) is 3.20. The predicted molar refractivity (Wildman–Crippen MR) is 99.3 cm³/mol. The van der Waals surface area contributed by atoms with E-state index in [1.165, 1.54) is 35.1 Å². The lowest BCUT2D eigenvalue weighted by molar-refractivity contribution is -0.129. The molecule has 5 nitrogen and oxygen atoms in total. The van der Waals surface area contributed by atoms with Crippen molar-refractivity contribution in [3.05, 3.63) is 10.5 Å². The van der Waals surface area contributed by atoms with Gasteiger partial charge in [0.25, 0.3) is 5.91 Å². The van der Waals surface area contributed by atoms with Gasteiger partial charge in [0.2, 0.25) is 5.91 Å². The first-order chi connectivity index (χ1) is 11.7.